The summed E-state index contributed by atoms with van der Waals surface area (Å²) in [4.78, 5) is 0. The van der Waals surface area contributed by atoms with E-state index in [0.29, 0.717) is 5.69 Å². The maximum absolute atomic E-state index is 12.5. The number of nitrogens with zero attached hydrogens (tertiary/aromatic N) is 2. The van der Waals surface area contributed by atoms with Crippen molar-refractivity contribution in [3.05, 3.63) is 29.3 Å². The largest absolute Gasteiger partial charge is 0.273 e. The molecular weight excluding hydrogens is 324 g/mol. The van der Waals surface area contributed by atoms with Crippen molar-refractivity contribution in [2.75, 3.05) is 36.5 Å². The predicted octanol–water partition coefficient (Wildman–Crippen LogP) is 0.961. The van der Waals surface area contributed by atoms with Gasteiger partial charge in [0.1, 0.15) is 0 Å². The van der Waals surface area contributed by atoms with E-state index in [1.807, 2.05) is 32.0 Å². The number of rotatable bonds is 5. The topological polar surface area (TPSA) is 74.8 Å². The van der Waals surface area contributed by atoms with Gasteiger partial charge in [-0.25, -0.2) is 21.1 Å². The van der Waals surface area contributed by atoms with E-state index in [4.69, 9.17) is 0 Å². The summed E-state index contributed by atoms with van der Waals surface area (Å²) in [5, 5.41) is 0. The van der Waals surface area contributed by atoms with Crippen LogP contribution in [0.5, 0.6) is 0 Å². The summed E-state index contributed by atoms with van der Waals surface area (Å²) in [6, 6.07) is 5.64. The predicted molar refractivity (Wildman–Crippen MR) is 88.0 cm³/mol. The molecule has 1 aromatic carbocycles. The molecule has 1 fully saturated rings. The van der Waals surface area contributed by atoms with Gasteiger partial charge in [0.2, 0.25) is 20.0 Å². The third kappa shape index (κ3) is 3.80. The molecule has 0 unspecified atom stereocenters. The van der Waals surface area contributed by atoms with Gasteiger partial charge in [0.05, 0.1) is 17.7 Å². The van der Waals surface area contributed by atoms with Crippen LogP contribution in [-0.4, -0.2) is 53.3 Å². The quantitative estimate of drug-likeness (QED) is 0.796. The van der Waals surface area contributed by atoms with Gasteiger partial charge in [-0.2, -0.15) is 0 Å². The number of hydrogen-bond donors (Lipinski definition) is 0. The van der Waals surface area contributed by atoms with Crippen LogP contribution in [-0.2, 0) is 20.0 Å². The van der Waals surface area contributed by atoms with Crippen molar-refractivity contribution in [1.82, 2.24) is 4.31 Å². The Kier molecular flexibility index (Phi) is 4.56. The van der Waals surface area contributed by atoms with Crippen molar-refractivity contribution in [3.8, 4) is 0 Å². The number of aryl methyl sites for hydroxylation is 2. The van der Waals surface area contributed by atoms with Crippen LogP contribution in [0.2, 0.25) is 0 Å². The Hall–Kier alpha value is -1.12. The first-order chi connectivity index (χ1) is 9.99. The molecule has 124 valence electrons. The lowest BCUT2D eigenvalue weighted by molar-refractivity contribution is 0.221. The minimum absolute atomic E-state index is 0.0392. The Bertz CT molecular complexity index is 746. The van der Waals surface area contributed by atoms with Crippen molar-refractivity contribution in [3.63, 3.8) is 0 Å². The van der Waals surface area contributed by atoms with Gasteiger partial charge in [-0.15, -0.1) is 0 Å². The van der Waals surface area contributed by atoms with Crippen molar-refractivity contribution >= 4 is 25.7 Å². The molecule has 8 heteroatoms. The van der Waals surface area contributed by atoms with Gasteiger partial charge in [-0.05, 0) is 37.1 Å². The Morgan fingerprint density at radius 2 is 1.59 bits per heavy atom. The van der Waals surface area contributed by atoms with Crippen LogP contribution < -0.4 is 4.31 Å². The van der Waals surface area contributed by atoms with Crippen molar-refractivity contribution in [1.29, 1.82) is 0 Å². The first kappa shape index (κ1) is 17.2. The molecule has 0 saturated carbocycles. The number of anilines is 1. The second-order valence-electron chi connectivity index (χ2n) is 6.04. The van der Waals surface area contributed by atoms with Gasteiger partial charge in [0.15, 0.2) is 0 Å². The summed E-state index contributed by atoms with van der Waals surface area (Å²) in [6.07, 6.45) is 1.14. The lowest BCUT2D eigenvalue weighted by Crippen LogP contribution is -2.52. The normalized spacial score (nSPS) is 17.3. The summed E-state index contributed by atoms with van der Waals surface area (Å²) in [7, 11) is -5.14. The van der Waals surface area contributed by atoms with Crippen molar-refractivity contribution in [2.45, 2.75) is 13.8 Å². The average molecular weight is 346 g/mol. The monoisotopic (exact) mass is 346 g/mol. The van der Waals surface area contributed by atoms with E-state index in [1.54, 1.807) is 0 Å². The first-order valence-corrected chi connectivity index (χ1v) is 10.4. The van der Waals surface area contributed by atoms with Gasteiger partial charge >= 0.3 is 0 Å². The molecule has 0 atom stereocenters. The van der Waals surface area contributed by atoms with Crippen LogP contribution in [0.1, 0.15) is 11.1 Å². The number of benzene rings is 1. The fraction of sp³-hybridized carbons (Fsp3) is 0.571. The maximum atomic E-state index is 12.5. The molecule has 0 aliphatic carbocycles. The Morgan fingerprint density at radius 1 is 1.09 bits per heavy atom. The molecular formula is C14H22N2O4S2. The molecule has 0 bridgehead atoms. The Labute approximate surface area is 132 Å². The maximum Gasteiger partial charge on any atom is 0.235 e. The van der Waals surface area contributed by atoms with Gasteiger partial charge in [0.25, 0.3) is 0 Å². The van der Waals surface area contributed by atoms with Crippen molar-refractivity contribution < 1.29 is 16.8 Å². The van der Waals surface area contributed by atoms with Crippen LogP contribution in [0.3, 0.4) is 0 Å². The lowest BCUT2D eigenvalue weighted by atomic mass is 10.1. The molecule has 1 aliphatic rings. The molecule has 1 saturated heterocycles. The molecule has 2 rings (SSSR count). The lowest BCUT2D eigenvalue weighted by Gasteiger charge is -2.37. The molecule has 22 heavy (non-hydrogen) atoms. The fourth-order valence-corrected chi connectivity index (χ4v) is 5.02. The van der Waals surface area contributed by atoms with Gasteiger partial charge in [-0.3, -0.25) is 4.31 Å². The molecule has 0 spiro atoms. The summed E-state index contributed by atoms with van der Waals surface area (Å²) in [5.41, 5.74) is 2.64. The van der Waals surface area contributed by atoms with Gasteiger partial charge in [0, 0.05) is 26.1 Å². The smallest absolute Gasteiger partial charge is 0.235 e. The molecule has 0 amide bonds. The van der Waals surface area contributed by atoms with Crippen LogP contribution in [0.15, 0.2) is 18.2 Å². The van der Waals surface area contributed by atoms with Crippen LogP contribution in [0.4, 0.5) is 5.69 Å². The highest BCUT2D eigenvalue weighted by atomic mass is 32.2. The molecule has 0 radical (unpaired) electrons. The molecule has 6 nitrogen and oxygen atoms in total. The highest BCUT2D eigenvalue weighted by Crippen LogP contribution is 2.25. The third-order valence-electron chi connectivity index (χ3n) is 3.83. The second kappa shape index (κ2) is 5.82. The van der Waals surface area contributed by atoms with E-state index in [0.717, 1.165) is 17.4 Å². The summed E-state index contributed by atoms with van der Waals surface area (Å²) >= 11 is 0. The van der Waals surface area contributed by atoms with E-state index in [-0.39, 0.29) is 24.8 Å². The minimum atomic E-state index is -3.46. The van der Waals surface area contributed by atoms with E-state index in [9.17, 15) is 16.8 Å². The van der Waals surface area contributed by atoms with Crippen LogP contribution in [0, 0.1) is 19.8 Å². The van der Waals surface area contributed by atoms with E-state index in [1.165, 1.54) is 15.7 Å². The zero-order valence-electron chi connectivity index (χ0n) is 13.3. The molecule has 1 aromatic rings. The second-order valence-corrected chi connectivity index (χ2v) is 10.1. The summed E-state index contributed by atoms with van der Waals surface area (Å²) < 4.78 is 50.2. The zero-order valence-corrected chi connectivity index (χ0v) is 14.9. The highest BCUT2D eigenvalue weighted by Gasteiger charge is 2.37. The molecule has 0 aromatic heterocycles. The molecule has 0 N–H and O–H groups in total. The first-order valence-electron chi connectivity index (χ1n) is 6.99. The van der Waals surface area contributed by atoms with Crippen LogP contribution >= 0.6 is 0 Å². The zero-order chi connectivity index (χ0) is 16.7. The van der Waals surface area contributed by atoms with E-state index >= 15 is 0 Å². The minimum Gasteiger partial charge on any atom is -0.273 e. The SMILES string of the molecule is Cc1cc(C)cc(N(C)S(=O)(=O)CC2CN(S(C)(=O)=O)C2)c1. The average Bonchev–Trinajstić information content (AvgIpc) is 2.29. The van der Waals surface area contributed by atoms with Crippen LogP contribution in [0.25, 0.3) is 0 Å². The molecule has 1 heterocycles. The Balaban J connectivity index is 2.08. The van der Waals surface area contributed by atoms with Gasteiger partial charge < -0.3 is 0 Å². The van der Waals surface area contributed by atoms with E-state index in [2.05, 4.69) is 0 Å². The number of hydrogen-bond acceptors (Lipinski definition) is 4. The number of sulfonamides is 2. The van der Waals surface area contributed by atoms with E-state index < -0.39 is 20.0 Å². The third-order valence-corrected chi connectivity index (χ3v) is 7.00. The highest BCUT2D eigenvalue weighted by molar-refractivity contribution is 7.92. The standard InChI is InChI=1S/C14H22N2O4S2/c1-11-5-12(2)7-14(6-11)15(3)22(19,20)10-13-8-16(9-13)21(4,17)18/h5-7,13H,8-10H2,1-4H3. The van der Waals surface area contributed by atoms with Crippen molar-refractivity contribution in [2.24, 2.45) is 5.92 Å². The fourth-order valence-electron chi connectivity index (χ4n) is 2.60. The van der Waals surface area contributed by atoms with Gasteiger partial charge in [-0.1, -0.05) is 6.07 Å². The summed E-state index contributed by atoms with van der Waals surface area (Å²) in [6.45, 7) is 4.40. The Morgan fingerprint density at radius 3 is 2.05 bits per heavy atom. The molecule has 1 aliphatic heterocycles. The summed E-state index contributed by atoms with van der Waals surface area (Å²) in [5.74, 6) is -0.184.